The monoisotopic (exact) mass is 353 g/mol. The van der Waals surface area contributed by atoms with E-state index in [0.717, 1.165) is 16.3 Å². The number of aliphatic carboxylic acids is 1. The van der Waals surface area contributed by atoms with Gasteiger partial charge in [0.2, 0.25) is 11.8 Å². The molecule has 3 N–H and O–H groups in total. The third-order valence-corrected chi connectivity index (χ3v) is 3.81. The Balaban J connectivity index is 2.13. The van der Waals surface area contributed by atoms with Crippen LogP contribution in [-0.2, 0) is 20.8 Å². The first kappa shape index (κ1) is 18.9. The van der Waals surface area contributed by atoms with Crippen LogP contribution in [0.25, 0.3) is 10.8 Å². The average molecular weight is 353 g/mol. The van der Waals surface area contributed by atoms with Gasteiger partial charge in [0.05, 0.1) is 12.5 Å². The zero-order chi connectivity index (χ0) is 18.9. The van der Waals surface area contributed by atoms with Gasteiger partial charge in [0, 0.05) is 12.8 Å². The van der Waals surface area contributed by atoms with Crippen molar-refractivity contribution in [2.75, 3.05) is 6.54 Å². The van der Waals surface area contributed by atoms with E-state index in [9.17, 15) is 14.4 Å². The second-order valence-electron chi connectivity index (χ2n) is 5.78. The molecule has 0 aliphatic carbocycles. The molecule has 2 amide bonds. The number of rotatable bonds is 8. The summed E-state index contributed by atoms with van der Waals surface area (Å²) in [6.45, 7) is -0.169. The average Bonchev–Trinajstić information content (AvgIpc) is 2.63. The fraction of sp³-hybridized carbons (Fsp3) is 0.263. The molecule has 0 fully saturated rings. The lowest BCUT2D eigenvalue weighted by molar-refractivity contribution is -0.139. The molecular weight excluding hydrogens is 334 g/mol. The van der Waals surface area contributed by atoms with E-state index < -0.39 is 23.8 Å². The van der Waals surface area contributed by atoms with Crippen molar-refractivity contribution in [2.45, 2.75) is 25.3 Å². The number of fused-ring (bicyclic) bond motifs is 1. The summed E-state index contributed by atoms with van der Waals surface area (Å²) in [5.74, 6) is -2.09. The van der Waals surface area contributed by atoms with E-state index in [0.29, 0.717) is 0 Å². The quantitative estimate of drug-likeness (QED) is 0.619. The second kappa shape index (κ2) is 9.18. The van der Waals surface area contributed by atoms with Crippen LogP contribution in [0.5, 0.6) is 0 Å². The lowest BCUT2D eigenvalue weighted by Gasteiger charge is -2.18. The number of nitriles is 1. The minimum atomic E-state index is -1.08. The molecule has 7 nitrogen and oxygen atoms in total. The van der Waals surface area contributed by atoms with Gasteiger partial charge < -0.3 is 15.7 Å². The number of nitrogens with zero attached hydrogens (tertiary/aromatic N) is 1. The van der Waals surface area contributed by atoms with E-state index in [-0.39, 0.29) is 25.8 Å². The highest BCUT2D eigenvalue weighted by molar-refractivity contribution is 5.89. The number of hydrogen-bond acceptors (Lipinski definition) is 4. The molecule has 2 rings (SSSR count). The molecule has 0 aliphatic heterocycles. The second-order valence-corrected chi connectivity index (χ2v) is 5.78. The maximum Gasteiger partial charge on any atom is 0.303 e. The van der Waals surface area contributed by atoms with Gasteiger partial charge in [-0.2, -0.15) is 5.26 Å². The molecule has 7 heteroatoms. The molecule has 134 valence electrons. The zero-order valence-corrected chi connectivity index (χ0v) is 14.1. The largest absolute Gasteiger partial charge is 0.481 e. The molecular formula is C19H19N3O4. The van der Waals surface area contributed by atoms with Gasteiger partial charge in [0.1, 0.15) is 12.6 Å². The van der Waals surface area contributed by atoms with Crippen molar-refractivity contribution in [3.05, 3.63) is 48.0 Å². The van der Waals surface area contributed by atoms with Crippen LogP contribution in [0.15, 0.2) is 42.5 Å². The van der Waals surface area contributed by atoms with E-state index in [2.05, 4.69) is 10.6 Å². The van der Waals surface area contributed by atoms with Crippen LogP contribution < -0.4 is 10.6 Å². The molecule has 0 saturated heterocycles. The summed E-state index contributed by atoms with van der Waals surface area (Å²) in [4.78, 5) is 34.8. The standard InChI is InChI=1S/C19H19N3O4/c20-9-10-21-19(26)16(22-17(23)7-8-18(24)25)12-13-5-6-14-3-1-2-4-15(14)11-13/h1-6,11,16H,7-8,10,12H2,(H,21,26)(H,22,23)(H,24,25). The highest BCUT2D eigenvalue weighted by Gasteiger charge is 2.21. The van der Waals surface area contributed by atoms with Crippen molar-refractivity contribution in [1.82, 2.24) is 10.6 Å². The third-order valence-electron chi connectivity index (χ3n) is 3.81. The topological polar surface area (TPSA) is 119 Å². The number of hydrogen-bond donors (Lipinski definition) is 3. The lowest BCUT2D eigenvalue weighted by Crippen LogP contribution is -2.48. The van der Waals surface area contributed by atoms with Crippen molar-refractivity contribution in [3.63, 3.8) is 0 Å². The van der Waals surface area contributed by atoms with Crippen LogP contribution in [0, 0.1) is 11.3 Å². The summed E-state index contributed by atoms with van der Waals surface area (Å²) >= 11 is 0. The number of benzene rings is 2. The maximum absolute atomic E-state index is 12.3. The molecule has 2 aromatic carbocycles. The Labute approximate surface area is 150 Å². The Bertz CT molecular complexity index is 857. The normalized spacial score (nSPS) is 11.3. The smallest absolute Gasteiger partial charge is 0.303 e. The van der Waals surface area contributed by atoms with Gasteiger partial charge in [0.25, 0.3) is 0 Å². The molecule has 1 atom stereocenters. The third kappa shape index (κ3) is 5.60. The molecule has 1 unspecified atom stereocenters. The van der Waals surface area contributed by atoms with E-state index in [1.807, 2.05) is 48.5 Å². The Morgan fingerprint density at radius 1 is 1.08 bits per heavy atom. The van der Waals surface area contributed by atoms with Gasteiger partial charge in [-0.15, -0.1) is 0 Å². The van der Waals surface area contributed by atoms with Crippen molar-refractivity contribution in [3.8, 4) is 6.07 Å². The highest BCUT2D eigenvalue weighted by atomic mass is 16.4. The van der Waals surface area contributed by atoms with Crippen molar-refractivity contribution >= 4 is 28.6 Å². The number of carboxylic acid groups (broad SMARTS) is 1. The van der Waals surface area contributed by atoms with Crippen LogP contribution in [-0.4, -0.2) is 35.5 Å². The number of carbonyl (C=O) groups excluding carboxylic acids is 2. The van der Waals surface area contributed by atoms with Crippen LogP contribution in [0.2, 0.25) is 0 Å². The number of nitrogens with one attached hydrogen (secondary N) is 2. The summed E-state index contributed by atoms with van der Waals surface area (Å²) in [5.41, 5.74) is 0.847. The van der Waals surface area contributed by atoms with E-state index >= 15 is 0 Å². The predicted octanol–water partition coefficient (Wildman–Crippen LogP) is 1.37. The van der Waals surface area contributed by atoms with Gasteiger partial charge in [0.15, 0.2) is 0 Å². The minimum Gasteiger partial charge on any atom is -0.481 e. The molecule has 0 radical (unpaired) electrons. The molecule has 2 aromatic rings. The molecule has 0 aromatic heterocycles. The van der Waals surface area contributed by atoms with Crippen molar-refractivity contribution in [2.24, 2.45) is 0 Å². The Kier molecular flexibility index (Phi) is 6.68. The number of carbonyl (C=O) groups is 3. The van der Waals surface area contributed by atoms with Gasteiger partial charge in [-0.1, -0.05) is 42.5 Å². The summed E-state index contributed by atoms with van der Waals surface area (Å²) < 4.78 is 0. The first-order chi connectivity index (χ1) is 12.5. The van der Waals surface area contributed by atoms with Crippen molar-refractivity contribution in [1.29, 1.82) is 5.26 Å². The Morgan fingerprint density at radius 2 is 1.81 bits per heavy atom. The maximum atomic E-state index is 12.3. The van der Waals surface area contributed by atoms with E-state index in [4.69, 9.17) is 10.4 Å². The lowest BCUT2D eigenvalue weighted by atomic mass is 10.0. The first-order valence-electron chi connectivity index (χ1n) is 8.13. The fourth-order valence-electron chi connectivity index (χ4n) is 2.55. The first-order valence-corrected chi connectivity index (χ1v) is 8.13. The van der Waals surface area contributed by atoms with Crippen LogP contribution >= 0.6 is 0 Å². The fourth-order valence-corrected chi connectivity index (χ4v) is 2.55. The molecule has 0 bridgehead atoms. The van der Waals surface area contributed by atoms with E-state index in [1.165, 1.54) is 0 Å². The SMILES string of the molecule is N#CCNC(=O)C(Cc1ccc2ccccc2c1)NC(=O)CCC(=O)O. The summed E-state index contributed by atoms with van der Waals surface area (Å²) in [5, 5.41) is 24.3. The number of amides is 2. The molecule has 0 aliphatic rings. The summed E-state index contributed by atoms with van der Waals surface area (Å²) in [7, 11) is 0. The van der Waals surface area contributed by atoms with E-state index in [1.54, 1.807) is 0 Å². The molecule has 0 spiro atoms. The van der Waals surface area contributed by atoms with Crippen LogP contribution in [0.1, 0.15) is 18.4 Å². The Morgan fingerprint density at radius 3 is 2.50 bits per heavy atom. The minimum absolute atomic E-state index is 0.169. The molecule has 0 heterocycles. The van der Waals surface area contributed by atoms with Crippen molar-refractivity contribution < 1.29 is 19.5 Å². The summed E-state index contributed by atoms with van der Waals surface area (Å²) in [6.07, 6.45) is -0.287. The molecule has 0 saturated carbocycles. The predicted molar refractivity (Wildman–Crippen MR) is 95.1 cm³/mol. The Hall–Kier alpha value is -3.40. The summed E-state index contributed by atoms with van der Waals surface area (Å²) in [6, 6.07) is 14.4. The van der Waals surface area contributed by atoms with Gasteiger partial charge in [-0.3, -0.25) is 14.4 Å². The highest BCUT2D eigenvalue weighted by Crippen LogP contribution is 2.16. The zero-order valence-electron chi connectivity index (χ0n) is 14.1. The number of carboxylic acids is 1. The van der Waals surface area contributed by atoms with Gasteiger partial charge in [-0.05, 0) is 16.3 Å². The van der Waals surface area contributed by atoms with Crippen LogP contribution in [0.4, 0.5) is 0 Å². The van der Waals surface area contributed by atoms with Crippen LogP contribution in [0.3, 0.4) is 0 Å². The molecule has 26 heavy (non-hydrogen) atoms. The van der Waals surface area contributed by atoms with Gasteiger partial charge >= 0.3 is 5.97 Å². The van der Waals surface area contributed by atoms with Gasteiger partial charge in [-0.25, -0.2) is 0 Å².